The van der Waals surface area contributed by atoms with Gasteiger partial charge in [-0.05, 0) is 53.2 Å². The van der Waals surface area contributed by atoms with Gasteiger partial charge in [-0.1, -0.05) is 13.8 Å². The smallest absolute Gasteiger partial charge is 0.410 e. The van der Waals surface area contributed by atoms with E-state index in [1.807, 2.05) is 20.8 Å². The SMILES string of the molecule is CCN(CC)CCCCNC(=NC)NC1CN(C(=O)OC(C)(C)C)C1.I. The molecule has 0 unspecified atom stereocenters. The third-order valence-corrected chi connectivity index (χ3v) is 4.19. The van der Waals surface area contributed by atoms with E-state index in [1.165, 1.54) is 6.42 Å². The molecule has 1 fully saturated rings. The first kappa shape index (κ1) is 25.2. The normalized spacial score (nSPS) is 15.3. The lowest BCUT2D eigenvalue weighted by Gasteiger charge is -2.40. The molecule has 0 aliphatic carbocycles. The Bertz CT molecular complexity index is 430. The standard InChI is InChI=1S/C18H37N5O2.HI/c1-7-22(8-2)12-10-9-11-20-16(19-6)21-15-13-23(14-15)17(24)25-18(3,4)5;/h15H,7-14H2,1-6H3,(H2,19,20,21);1H. The van der Waals surface area contributed by atoms with Crippen molar-refractivity contribution >= 4 is 36.0 Å². The summed E-state index contributed by atoms with van der Waals surface area (Å²) in [6.45, 7) is 15.6. The Labute approximate surface area is 176 Å². The van der Waals surface area contributed by atoms with E-state index in [9.17, 15) is 4.79 Å². The molecule has 1 rings (SSSR count). The van der Waals surface area contributed by atoms with Crippen LogP contribution in [0.3, 0.4) is 0 Å². The van der Waals surface area contributed by atoms with E-state index in [4.69, 9.17) is 4.74 Å². The molecule has 8 heteroatoms. The Morgan fingerprint density at radius 3 is 2.35 bits per heavy atom. The molecule has 1 heterocycles. The number of hydrogen-bond donors (Lipinski definition) is 2. The zero-order valence-electron chi connectivity index (χ0n) is 17.3. The molecule has 154 valence electrons. The van der Waals surface area contributed by atoms with Gasteiger partial charge < -0.3 is 25.2 Å². The van der Waals surface area contributed by atoms with Crippen LogP contribution in [0.25, 0.3) is 0 Å². The number of guanidine groups is 1. The Balaban J connectivity index is 0.00000625. The minimum atomic E-state index is -0.446. The largest absolute Gasteiger partial charge is 0.444 e. The van der Waals surface area contributed by atoms with Crippen LogP contribution in [-0.2, 0) is 4.74 Å². The van der Waals surface area contributed by atoms with Crippen molar-refractivity contribution in [2.24, 2.45) is 4.99 Å². The van der Waals surface area contributed by atoms with Crippen LogP contribution in [0.5, 0.6) is 0 Å². The van der Waals surface area contributed by atoms with E-state index in [-0.39, 0.29) is 36.1 Å². The van der Waals surface area contributed by atoms with Crippen LogP contribution in [-0.4, -0.2) is 79.8 Å². The van der Waals surface area contributed by atoms with Gasteiger partial charge in [-0.2, -0.15) is 0 Å². The zero-order chi connectivity index (χ0) is 18.9. The van der Waals surface area contributed by atoms with E-state index in [2.05, 4.69) is 34.4 Å². The molecule has 1 saturated heterocycles. The van der Waals surface area contributed by atoms with E-state index in [1.54, 1.807) is 11.9 Å². The zero-order valence-corrected chi connectivity index (χ0v) is 19.6. The summed E-state index contributed by atoms with van der Waals surface area (Å²) < 4.78 is 5.36. The number of amides is 1. The predicted molar refractivity (Wildman–Crippen MR) is 119 cm³/mol. The topological polar surface area (TPSA) is 69.2 Å². The highest BCUT2D eigenvalue weighted by atomic mass is 127. The lowest BCUT2D eigenvalue weighted by molar-refractivity contribution is 0.00701. The third kappa shape index (κ3) is 9.80. The van der Waals surface area contributed by atoms with Crippen LogP contribution in [0.2, 0.25) is 0 Å². The lowest BCUT2D eigenvalue weighted by Crippen LogP contribution is -2.63. The number of unbranched alkanes of at least 4 members (excludes halogenated alkanes) is 1. The molecule has 1 aliphatic heterocycles. The molecule has 0 atom stereocenters. The van der Waals surface area contributed by atoms with Gasteiger partial charge in [0, 0.05) is 26.7 Å². The highest BCUT2D eigenvalue weighted by molar-refractivity contribution is 14.0. The number of carbonyl (C=O) groups excluding carboxylic acids is 1. The second-order valence-electron chi connectivity index (χ2n) is 7.46. The van der Waals surface area contributed by atoms with Gasteiger partial charge in [0.25, 0.3) is 0 Å². The molecule has 0 aromatic carbocycles. The maximum absolute atomic E-state index is 11.9. The van der Waals surface area contributed by atoms with E-state index < -0.39 is 5.60 Å². The van der Waals surface area contributed by atoms with Gasteiger partial charge >= 0.3 is 6.09 Å². The summed E-state index contributed by atoms with van der Waals surface area (Å²) in [5.41, 5.74) is -0.446. The number of likely N-dealkylation sites (tertiary alicyclic amines) is 1. The van der Waals surface area contributed by atoms with Crippen molar-refractivity contribution in [3.63, 3.8) is 0 Å². The van der Waals surface area contributed by atoms with Crippen molar-refractivity contribution < 1.29 is 9.53 Å². The monoisotopic (exact) mass is 483 g/mol. The number of carbonyl (C=O) groups is 1. The summed E-state index contributed by atoms with van der Waals surface area (Å²) in [5, 5.41) is 6.70. The van der Waals surface area contributed by atoms with E-state index in [0.717, 1.165) is 38.6 Å². The first-order valence-corrected chi connectivity index (χ1v) is 9.46. The quantitative estimate of drug-likeness (QED) is 0.240. The summed E-state index contributed by atoms with van der Waals surface area (Å²) in [4.78, 5) is 20.3. The summed E-state index contributed by atoms with van der Waals surface area (Å²) in [6.07, 6.45) is 2.05. The molecule has 7 nitrogen and oxygen atoms in total. The average molecular weight is 483 g/mol. The van der Waals surface area contributed by atoms with Crippen LogP contribution in [0, 0.1) is 0 Å². The minimum absolute atomic E-state index is 0. The summed E-state index contributed by atoms with van der Waals surface area (Å²) in [5.74, 6) is 0.802. The first-order valence-electron chi connectivity index (χ1n) is 9.46. The number of aliphatic imine (C=N–C) groups is 1. The van der Waals surface area contributed by atoms with Crippen molar-refractivity contribution in [3.8, 4) is 0 Å². The molecule has 2 N–H and O–H groups in total. The van der Waals surface area contributed by atoms with Crippen LogP contribution in [0.1, 0.15) is 47.5 Å². The van der Waals surface area contributed by atoms with Crippen molar-refractivity contribution in [3.05, 3.63) is 0 Å². The fourth-order valence-electron chi connectivity index (χ4n) is 2.64. The number of hydrogen-bond acceptors (Lipinski definition) is 4. The second kappa shape index (κ2) is 12.6. The van der Waals surface area contributed by atoms with Crippen LogP contribution < -0.4 is 10.6 Å². The molecule has 0 saturated carbocycles. The average Bonchev–Trinajstić information content (AvgIpc) is 2.49. The van der Waals surface area contributed by atoms with Crippen molar-refractivity contribution in [1.82, 2.24) is 20.4 Å². The highest BCUT2D eigenvalue weighted by Crippen LogP contribution is 2.15. The van der Waals surface area contributed by atoms with Crippen LogP contribution >= 0.6 is 24.0 Å². The van der Waals surface area contributed by atoms with E-state index >= 15 is 0 Å². The summed E-state index contributed by atoms with van der Waals surface area (Å²) >= 11 is 0. The Morgan fingerprint density at radius 1 is 1.23 bits per heavy atom. The number of nitrogens with zero attached hydrogens (tertiary/aromatic N) is 3. The van der Waals surface area contributed by atoms with Gasteiger partial charge in [0.2, 0.25) is 0 Å². The number of ether oxygens (including phenoxy) is 1. The second-order valence-corrected chi connectivity index (χ2v) is 7.46. The molecular weight excluding hydrogens is 445 g/mol. The maximum Gasteiger partial charge on any atom is 0.410 e. The van der Waals surface area contributed by atoms with Gasteiger partial charge in [-0.25, -0.2) is 4.79 Å². The third-order valence-electron chi connectivity index (χ3n) is 4.19. The van der Waals surface area contributed by atoms with Gasteiger partial charge in [0.05, 0.1) is 6.04 Å². The predicted octanol–water partition coefficient (Wildman–Crippen LogP) is 2.51. The highest BCUT2D eigenvalue weighted by Gasteiger charge is 2.34. The van der Waals surface area contributed by atoms with Crippen molar-refractivity contribution in [1.29, 1.82) is 0 Å². The first-order chi connectivity index (χ1) is 11.8. The maximum atomic E-state index is 11.9. The molecule has 0 aromatic heterocycles. The molecule has 26 heavy (non-hydrogen) atoms. The minimum Gasteiger partial charge on any atom is -0.444 e. The number of halogens is 1. The molecule has 0 bridgehead atoms. The number of rotatable bonds is 8. The van der Waals surface area contributed by atoms with Gasteiger partial charge in [-0.15, -0.1) is 24.0 Å². The lowest BCUT2D eigenvalue weighted by atomic mass is 10.1. The van der Waals surface area contributed by atoms with Gasteiger partial charge in [0.15, 0.2) is 5.96 Å². The number of nitrogens with one attached hydrogen (secondary N) is 2. The fraction of sp³-hybridized carbons (Fsp3) is 0.889. The summed E-state index contributed by atoms with van der Waals surface area (Å²) in [6, 6.07) is 0.231. The van der Waals surface area contributed by atoms with Crippen LogP contribution in [0.15, 0.2) is 4.99 Å². The van der Waals surface area contributed by atoms with Crippen molar-refractivity contribution in [2.45, 2.75) is 59.1 Å². The van der Waals surface area contributed by atoms with Gasteiger partial charge in [-0.3, -0.25) is 4.99 Å². The Kier molecular flexibility index (Phi) is 12.2. The molecule has 0 radical (unpaired) electrons. The fourth-order valence-corrected chi connectivity index (χ4v) is 2.64. The van der Waals surface area contributed by atoms with Crippen LogP contribution in [0.4, 0.5) is 4.79 Å². The Morgan fingerprint density at radius 2 is 1.85 bits per heavy atom. The molecule has 1 amide bonds. The molecule has 0 aromatic rings. The molecule has 0 spiro atoms. The molecule has 1 aliphatic rings. The van der Waals surface area contributed by atoms with E-state index in [0.29, 0.717) is 13.1 Å². The summed E-state index contributed by atoms with van der Waals surface area (Å²) in [7, 11) is 1.77. The van der Waals surface area contributed by atoms with Gasteiger partial charge in [0.1, 0.15) is 5.60 Å². The Hall–Kier alpha value is -0.770. The van der Waals surface area contributed by atoms with Crippen molar-refractivity contribution in [2.75, 3.05) is 46.3 Å². The molecular formula is C18H38IN5O2.